The van der Waals surface area contributed by atoms with E-state index >= 15 is 0 Å². The number of likely N-dealkylation sites (tertiary alicyclic amines) is 1. The largest absolute Gasteiger partial charge is 0.306 e. The summed E-state index contributed by atoms with van der Waals surface area (Å²) in [5.41, 5.74) is 0. The van der Waals surface area contributed by atoms with Gasteiger partial charge in [0.2, 0.25) is 0 Å². The highest BCUT2D eigenvalue weighted by Crippen LogP contribution is 2.38. The lowest BCUT2D eigenvalue weighted by Crippen LogP contribution is -2.24. The van der Waals surface area contributed by atoms with Crippen molar-refractivity contribution in [3.63, 3.8) is 0 Å². The third-order valence-corrected chi connectivity index (χ3v) is 3.64. The van der Waals surface area contributed by atoms with E-state index in [1.165, 1.54) is 32.4 Å². The second-order valence-corrected chi connectivity index (χ2v) is 4.55. The Morgan fingerprint density at radius 1 is 1.18 bits per heavy atom. The highest BCUT2D eigenvalue weighted by molar-refractivity contribution is 4.88. The van der Waals surface area contributed by atoms with Gasteiger partial charge in [0.1, 0.15) is 0 Å². The molecule has 0 radical (unpaired) electrons. The van der Waals surface area contributed by atoms with Crippen molar-refractivity contribution >= 4 is 0 Å². The molecule has 2 fully saturated rings. The van der Waals surface area contributed by atoms with Crippen molar-refractivity contribution in [1.29, 1.82) is 0 Å². The van der Waals surface area contributed by atoms with Crippen molar-refractivity contribution in [1.82, 2.24) is 4.90 Å². The first-order valence-corrected chi connectivity index (χ1v) is 4.96. The minimum absolute atomic E-state index is 0.999. The van der Waals surface area contributed by atoms with Crippen molar-refractivity contribution < 1.29 is 0 Å². The van der Waals surface area contributed by atoms with Gasteiger partial charge in [0.15, 0.2) is 0 Å². The average Bonchev–Trinajstić information content (AvgIpc) is 2.31. The lowest BCUT2D eigenvalue weighted by molar-refractivity contribution is 0.214. The van der Waals surface area contributed by atoms with Gasteiger partial charge >= 0.3 is 0 Å². The number of rotatable bonds is 0. The predicted octanol–water partition coefficient (Wildman–Crippen LogP) is 1.98. The number of nitrogens with zero attached hydrogens (tertiary/aromatic N) is 1. The lowest BCUT2D eigenvalue weighted by Gasteiger charge is -2.30. The molecule has 0 aromatic rings. The Morgan fingerprint density at radius 3 is 2.73 bits per heavy atom. The van der Waals surface area contributed by atoms with E-state index in [0.717, 1.165) is 17.8 Å². The van der Waals surface area contributed by atoms with Gasteiger partial charge in [0, 0.05) is 13.1 Å². The summed E-state index contributed by atoms with van der Waals surface area (Å²) in [6.07, 6.45) is 4.46. The molecule has 2 aliphatic rings. The fraction of sp³-hybridized carbons (Fsp3) is 1.00. The maximum atomic E-state index is 2.51. The van der Waals surface area contributed by atoms with Crippen molar-refractivity contribution in [2.24, 2.45) is 17.8 Å². The molecule has 3 atom stereocenters. The molecule has 0 aromatic heterocycles. The van der Waals surface area contributed by atoms with E-state index in [4.69, 9.17) is 0 Å². The molecule has 2 rings (SSSR count). The van der Waals surface area contributed by atoms with E-state index in [9.17, 15) is 0 Å². The fourth-order valence-corrected chi connectivity index (χ4v) is 2.99. The summed E-state index contributed by atoms with van der Waals surface area (Å²) in [4.78, 5) is 2.51. The van der Waals surface area contributed by atoms with Crippen LogP contribution in [0.5, 0.6) is 0 Å². The summed E-state index contributed by atoms with van der Waals surface area (Å²) < 4.78 is 0. The highest BCUT2D eigenvalue weighted by atomic mass is 15.1. The van der Waals surface area contributed by atoms with Crippen LogP contribution >= 0.6 is 0 Å². The maximum absolute atomic E-state index is 2.51. The average molecular weight is 153 g/mol. The van der Waals surface area contributed by atoms with Gasteiger partial charge in [-0.2, -0.15) is 0 Å². The summed E-state index contributed by atoms with van der Waals surface area (Å²) in [6, 6.07) is 0. The molecular formula is C10H19N. The van der Waals surface area contributed by atoms with E-state index in [1.54, 1.807) is 0 Å². The Labute approximate surface area is 69.8 Å². The molecule has 0 amide bonds. The Hall–Kier alpha value is -0.0400. The monoisotopic (exact) mass is 153 g/mol. The van der Waals surface area contributed by atoms with Crippen LogP contribution in [0.25, 0.3) is 0 Å². The summed E-state index contributed by atoms with van der Waals surface area (Å²) in [5.74, 6) is 3.08. The number of hydrogen-bond acceptors (Lipinski definition) is 1. The number of fused-ring (bicyclic) bond motifs is 1. The Morgan fingerprint density at radius 2 is 2.00 bits per heavy atom. The normalized spacial score (nSPS) is 45.8. The molecule has 3 unspecified atom stereocenters. The number of hydrogen-bond donors (Lipinski definition) is 0. The van der Waals surface area contributed by atoms with Crippen molar-refractivity contribution in [2.75, 3.05) is 20.1 Å². The second-order valence-electron chi connectivity index (χ2n) is 4.55. The van der Waals surface area contributed by atoms with E-state index in [1.807, 2.05) is 0 Å². The lowest BCUT2D eigenvalue weighted by atomic mass is 9.75. The second kappa shape index (κ2) is 2.78. The molecule has 1 aliphatic carbocycles. The van der Waals surface area contributed by atoms with Gasteiger partial charge in [-0.05, 0) is 31.2 Å². The van der Waals surface area contributed by atoms with E-state index in [2.05, 4.69) is 18.9 Å². The Balaban J connectivity index is 2.03. The Kier molecular flexibility index (Phi) is 1.92. The minimum atomic E-state index is 0.999. The predicted molar refractivity (Wildman–Crippen MR) is 47.5 cm³/mol. The van der Waals surface area contributed by atoms with Gasteiger partial charge in [-0.25, -0.2) is 0 Å². The molecule has 0 aromatic carbocycles. The molecule has 1 saturated carbocycles. The van der Waals surface area contributed by atoms with Crippen molar-refractivity contribution in [3.05, 3.63) is 0 Å². The van der Waals surface area contributed by atoms with Crippen LogP contribution in [0.2, 0.25) is 0 Å². The molecule has 11 heavy (non-hydrogen) atoms. The van der Waals surface area contributed by atoms with Crippen molar-refractivity contribution in [2.45, 2.75) is 26.2 Å². The van der Waals surface area contributed by atoms with Gasteiger partial charge in [0.25, 0.3) is 0 Å². The topological polar surface area (TPSA) is 3.24 Å². The third kappa shape index (κ3) is 1.31. The van der Waals surface area contributed by atoms with Crippen LogP contribution in [0, 0.1) is 17.8 Å². The molecule has 64 valence electrons. The molecular weight excluding hydrogens is 134 g/mol. The zero-order valence-corrected chi connectivity index (χ0v) is 7.71. The molecule has 0 N–H and O–H groups in total. The van der Waals surface area contributed by atoms with Crippen LogP contribution < -0.4 is 0 Å². The van der Waals surface area contributed by atoms with Crippen LogP contribution in [0.3, 0.4) is 0 Å². The first-order valence-electron chi connectivity index (χ1n) is 4.96. The minimum Gasteiger partial charge on any atom is -0.306 e. The highest BCUT2D eigenvalue weighted by Gasteiger charge is 2.36. The molecule has 1 nitrogen and oxygen atoms in total. The van der Waals surface area contributed by atoms with Crippen LogP contribution in [-0.4, -0.2) is 25.0 Å². The zero-order valence-electron chi connectivity index (χ0n) is 7.71. The smallest absolute Gasteiger partial charge is 0.00124 e. The Bertz CT molecular complexity index is 144. The van der Waals surface area contributed by atoms with E-state index < -0.39 is 0 Å². The maximum Gasteiger partial charge on any atom is 0.00124 e. The quantitative estimate of drug-likeness (QED) is 0.514. The molecule has 1 heteroatoms. The summed E-state index contributed by atoms with van der Waals surface area (Å²) >= 11 is 0. The summed E-state index contributed by atoms with van der Waals surface area (Å²) in [5, 5.41) is 0. The van der Waals surface area contributed by atoms with Crippen LogP contribution in [0.4, 0.5) is 0 Å². The third-order valence-electron chi connectivity index (χ3n) is 3.64. The first-order chi connectivity index (χ1) is 5.27. The first kappa shape index (κ1) is 7.60. The standard InChI is InChI=1S/C10H19N/c1-8-4-3-5-9-6-11(2)7-10(8)9/h8-10H,3-7H2,1-2H3. The van der Waals surface area contributed by atoms with Crippen molar-refractivity contribution in [3.8, 4) is 0 Å². The van der Waals surface area contributed by atoms with E-state index in [-0.39, 0.29) is 0 Å². The summed E-state index contributed by atoms with van der Waals surface area (Å²) in [6.45, 7) is 5.18. The van der Waals surface area contributed by atoms with Gasteiger partial charge in [-0.3, -0.25) is 0 Å². The van der Waals surface area contributed by atoms with Crippen LogP contribution in [-0.2, 0) is 0 Å². The van der Waals surface area contributed by atoms with Gasteiger partial charge in [-0.1, -0.05) is 19.8 Å². The molecule has 1 saturated heterocycles. The van der Waals surface area contributed by atoms with Gasteiger partial charge < -0.3 is 4.90 Å². The molecule has 1 heterocycles. The van der Waals surface area contributed by atoms with E-state index in [0.29, 0.717) is 0 Å². The van der Waals surface area contributed by atoms with Crippen LogP contribution in [0.1, 0.15) is 26.2 Å². The summed E-state index contributed by atoms with van der Waals surface area (Å²) in [7, 11) is 2.27. The van der Waals surface area contributed by atoms with Crippen LogP contribution in [0.15, 0.2) is 0 Å². The van der Waals surface area contributed by atoms with Gasteiger partial charge in [-0.15, -0.1) is 0 Å². The molecule has 0 bridgehead atoms. The fourth-order valence-electron chi connectivity index (χ4n) is 2.99. The SMILES string of the molecule is CC1CCCC2CN(C)CC12. The zero-order chi connectivity index (χ0) is 7.84. The molecule has 0 spiro atoms. The molecule has 1 aliphatic heterocycles. The van der Waals surface area contributed by atoms with Gasteiger partial charge in [0.05, 0.1) is 0 Å².